The Balaban J connectivity index is 2.00. The maximum absolute atomic E-state index is 12.4. The molecule has 4 rings (SSSR count). The number of rotatable bonds is 7. The Hall–Kier alpha value is -4.20. The second-order valence-corrected chi connectivity index (χ2v) is 12.8. The Bertz CT molecular complexity index is 1590. The van der Waals surface area contributed by atoms with E-state index in [1.54, 1.807) is 0 Å². The van der Waals surface area contributed by atoms with Crippen molar-refractivity contribution in [2.45, 2.75) is 65.7 Å². The first-order valence-corrected chi connectivity index (χ1v) is 13.4. The minimum Gasteiger partial charge on any atom is -0.505 e. The number of carbonyl (C=O) groups excluding carboxylic acids is 1. The minimum absolute atomic E-state index is 0.00951. The lowest BCUT2D eigenvalue weighted by Gasteiger charge is -2.35. The summed E-state index contributed by atoms with van der Waals surface area (Å²) in [5, 5.41) is 33.1. The lowest BCUT2D eigenvalue weighted by atomic mass is 9.70. The average molecular weight is 543 g/mol. The van der Waals surface area contributed by atoms with Crippen molar-refractivity contribution >= 4 is 22.9 Å². The fourth-order valence-corrected chi connectivity index (χ4v) is 5.65. The molecule has 3 aromatic carbocycles. The highest BCUT2D eigenvalue weighted by molar-refractivity contribution is 6.07. The van der Waals surface area contributed by atoms with Crippen molar-refractivity contribution in [2.24, 2.45) is 5.41 Å². The minimum atomic E-state index is -1.24. The first-order valence-electron chi connectivity index (χ1n) is 13.4. The van der Waals surface area contributed by atoms with Crippen LogP contribution in [-0.4, -0.2) is 44.1 Å². The number of aromatic carboxylic acids is 1. The molecule has 8 nitrogen and oxygen atoms in total. The second-order valence-electron chi connectivity index (χ2n) is 12.8. The van der Waals surface area contributed by atoms with Gasteiger partial charge < -0.3 is 15.5 Å². The van der Waals surface area contributed by atoms with Gasteiger partial charge in [0, 0.05) is 18.0 Å². The number of carboxylic acid groups (broad SMARTS) is 1. The van der Waals surface area contributed by atoms with Crippen LogP contribution >= 0.6 is 0 Å². The Morgan fingerprint density at radius 1 is 0.850 bits per heavy atom. The summed E-state index contributed by atoms with van der Waals surface area (Å²) in [4.78, 5) is 25.6. The first kappa shape index (κ1) is 28.8. The van der Waals surface area contributed by atoms with E-state index in [4.69, 9.17) is 0 Å². The van der Waals surface area contributed by atoms with Crippen LogP contribution < -0.4 is 5.32 Å². The van der Waals surface area contributed by atoms with E-state index in [0.29, 0.717) is 16.7 Å². The molecule has 0 spiro atoms. The molecule has 1 aromatic heterocycles. The molecule has 0 aliphatic rings. The molecule has 0 saturated heterocycles. The molecule has 0 saturated carbocycles. The summed E-state index contributed by atoms with van der Waals surface area (Å²) in [5.74, 6) is -1.74. The van der Waals surface area contributed by atoms with Crippen LogP contribution in [0.15, 0.2) is 54.6 Å². The number of fused-ring (bicyclic) bond motifs is 1. The molecular formula is C32H38N4O4. The van der Waals surface area contributed by atoms with Crippen molar-refractivity contribution in [1.82, 2.24) is 20.3 Å². The van der Waals surface area contributed by atoms with Gasteiger partial charge in [-0.05, 0) is 46.6 Å². The third kappa shape index (κ3) is 5.43. The summed E-state index contributed by atoms with van der Waals surface area (Å²) in [6, 6.07) is 16.7. The Kier molecular flexibility index (Phi) is 7.26. The molecule has 1 amide bonds. The third-order valence-corrected chi connectivity index (χ3v) is 7.45. The Morgan fingerprint density at radius 3 is 1.95 bits per heavy atom. The summed E-state index contributed by atoms with van der Waals surface area (Å²) >= 11 is 0. The number of phenolic OH excluding ortho intramolecular Hbond substituents is 1. The average Bonchev–Trinajstić information content (AvgIpc) is 3.29. The van der Waals surface area contributed by atoms with E-state index in [1.807, 2.05) is 36.4 Å². The highest BCUT2D eigenvalue weighted by Crippen LogP contribution is 2.44. The van der Waals surface area contributed by atoms with Crippen LogP contribution in [0.5, 0.6) is 5.75 Å². The molecule has 0 fully saturated rings. The standard InChI is InChI=1S/C32H38N4O4/c1-30(2,3)18-31(4,5)20-14-23(32(6,7)19-12-10-9-11-13-19)27(37)26(15-20)36-34-24-16-21(28(38)33-8)22(29(39)40)17-25(24)35-36/h9-17,37H,18H2,1-8H3,(H,33,38)(H,39,40). The summed E-state index contributed by atoms with van der Waals surface area (Å²) < 4.78 is 0. The fraction of sp³-hybridized carbons (Fsp3) is 0.375. The van der Waals surface area contributed by atoms with Crippen LogP contribution in [0.1, 0.15) is 92.3 Å². The second kappa shape index (κ2) is 10.1. The smallest absolute Gasteiger partial charge is 0.336 e. The molecule has 3 N–H and O–H groups in total. The highest BCUT2D eigenvalue weighted by Gasteiger charge is 2.34. The Labute approximate surface area is 235 Å². The number of nitrogens with one attached hydrogen (secondary N) is 1. The zero-order valence-electron chi connectivity index (χ0n) is 24.5. The van der Waals surface area contributed by atoms with E-state index in [-0.39, 0.29) is 27.7 Å². The molecular weight excluding hydrogens is 504 g/mol. The zero-order chi connectivity index (χ0) is 29.6. The van der Waals surface area contributed by atoms with Crippen molar-refractivity contribution in [3.63, 3.8) is 0 Å². The number of carbonyl (C=O) groups is 2. The van der Waals surface area contributed by atoms with Crippen molar-refractivity contribution in [3.8, 4) is 11.4 Å². The highest BCUT2D eigenvalue weighted by atomic mass is 16.4. The van der Waals surface area contributed by atoms with Crippen molar-refractivity contribution in [2.75, 3.05) is 7.05 Å². The zero-order valence-corrected chi connectivity index (χ0v) is 24.5. The monoisotopic (exact) mass is 542 g/mol. The van der Waals surface area contributed by atoms with Gasteiger partial charge in [-0.2, -0.15) is 0 Å². The molecule has 0 aliphatic carbocycles. The van der Waals surface area contributed by atoms with E-state index in [1.165, 1.54) is 24.0 Å². The van der Waals surface area contributed by atoms with Gasteiger partial charge in [0.1, 0.15) is 22.5 Å². The topological polar surface area (TPSA) is 117 Å². The summed E-state index contributed by atoms with van der Waals surface area (Å²) in [6.07, 6.45) is 0.890. The van der Waals surface area contributed by atoms with Gasteiger partial charge in [-0.3, -0.25) is 4.79 Å². The largest absolute Gasteiger partial charge is 0.505 e. The van der Waals surface area contributed by atoms with Crippen LogP contribution in [0, 0.1) is 5.41 Å². The quantitative estimate of drug-likeness (QED) is 0.255. The maximum atomic E-state index is 12.4. The molecule has 0 aliphatic heterocycles. The maximum Gasteiger partial charge on any atom is 0.336 e. The molecule has 210 valence electrons. The van der Waals surface area contributed by atoms with Gasteiger partial charge in [-0.25, -0.2) is 4.79 Å². The summed E-state index contributed by atoms with van der Waals surface area (Å²) in [6.45, 7) is 15.1. The number of aromatic hydroxyl groups is 1. The van der Waals surface area contributed by atoms with Crippen molar-refractivity contribution in [1.29, 1.82) is 0 Å². The molecule has 0 atom stereocenters. The summed E-state index contributed by atoms with van der Waals surface area (Å²) in [7, 11) is 1.44. The number of hydrogen-bond donors (Lipinski definition) is 3. The van der Waals surface area contributed by atoms with Crippen LogP contribution in [0.4, 0.5) is 0 Å². The molecule has 8 heteroatoms. The lowest BCUT2D eigenvalue weighted by Crippen LogP contribution is -2.27. The van der Waals surface area contributed by atoms with Gasteiger partial charge >= 0.3 is 5.97 Å². The summed E-state index contributed by atoms with van der Waals surface area (Å²) in [5.41, 5.74) is 2.88. The normalized spacial score (nSPS) is 12.5. The first-order chi connectivity index (χ1) is 18.5. The van der Waals surface area contributed by atoms with E-state index in [2.05, 4.69) is 70.0 Å². The van der Waals surface area contributed by atoms with Crippen LogP contribution in [0.3, 0.4) is 0 Å². The van der Waals surface area contributed by atoms with Gasteiger partial charge in [0.05, 0.1) is 11.1 Å². The van der Waals surface area contributed by atoms with Crippen LogP contribution in [-0.2, 0) is 10.8 Å². The fourth-order valence-electron chi connectivity index (χ4n) is 5.65. The SMILES string of the molecule is CNC(=O)c1cc2nn(-c3cc(C(C)(C)CC(C)(C)C)cc(C(C)(C)c4ccccc4)c3O)nc2cc1C(=O)O. The predicted octanol–water partition coefficient (Wildman–Crippen LogP) is 6.22. The number of benzene rings is 3. The van der Waals surface area contributed by atoms with Crippen LogP contribution in [0.2, 0.25) is 0 Å². The lowest BCUT2D eigenvalue weighted by molar-refractivity contribution is 0.0691. The van der Waals surface area contributed by atoms with E-state index in [0.717, 1.165) is 23.1 Å². The molecule has 40 heavy (non-hydrogen) atoms. The number of amides is 1. The van der Waals surface area contributed by atoms with Gasteiger partial charge in [0.2, 0.25) is 0 Å². The number of aromatic nitrogens is 3. The molecule has 0 bridgehead atoms. The van der Waals surface area contributed by atoms with Crippen molar-refractivity contribution < 1.29 is 19.8 Å². The molecule has 0 radical (unpaired) electrons. The molecule has 0 unspecified atom stereocenters. The van der Waals surface area contributed by atoms with Gasteiger partial charge in [0.25, 0.3) is 5.91 Å². The van der Waals surface area contributed by atoms with Gasteiger partial charge in [-0.15, -0.1) is 15.0 Å². The van der Waals surface area contributed by atoms with Gasteiger partial charge in [0.15, 0.2) is 0 Å². The Morgan fingerprint density at radius 2 is 1.43 bits per heavy atom. The number of nitrogens with zero attached hydrogens (tertiary/aromatic N) is 3. The predicted molar refractivity (Wildman–Crippen MR) is 157 cm³/mol. The van der Waals surface area contributed by atoms with Crippen molar-refractivity contribution in [3.05, 3.63) is 82.4 Å². The van der Waals surface area contributed by atoms with E-state index >= 15 is 0 Å². The number of hydrogen-bond acceptors (Lipinski definition) is 5. The molecule has 1 heterocycles. The number of phenols is 1. The van der Waals surface area contributed by atoms with Gasteiger partial charge in [-0.1, -0.05) is 84.9 Å². The van der Waals surface area contributed by atoms with E-state index < -0.39 is 17.3 Å². The molecule has 4 aromatic rings. The number of carboxylic acids is 1. The third-order valence-electron chi connectivity index (χ3n) is 7.45. The van der Waals surface area contributed by atoms with E-state index in [9.17, 15) is 19.8 Å². The van der Waals surface area contributed by atoms with Crippen LogP contribution in [0.25, 0.3) is 16.7 Å².